The van der Waals surface area contributed by atoms with E-state index in [4.69, 9.17) is 16.3 Å². The molecule has 0 radical (unpaired) electrons. The number of methoxy groups -OCH3 is 1. The van der Waals surface area contributed by atoms with E-state index < -0.39 is 12.1 Å². The van der Waals surface area contributed by atoms with E-state index in [0.29, 0.717) is 6.42 Å². The third-order valence-corrected chi connectivity index (χ3v) is 7.67. The molecule has 1 aromatic heterocycles. The zero-order valence-electron chi connectivity index (χ0n) is 20.8. The Hall–Kier alpha value is -2.67. The van der Waals surface area contributed by atoms with Crippen molar-refractivity contribution in [2.45, 2.75) is 44.6 Å². The SMILES string of the molecule is COc1ccc2nccc([C@@H](O)CC[C@@H]3CCN(CCCc4ccc(Cl)cc4)C[C@@H]3CC(=O)O)c2c1. The number of halogens is 1. The molecular formula is C29H35ClN2O4. The van der Waals surface area contributed by atoms with E-state index >= 15 is 0 Å². The third-order valence-electron chi connectivity index (χ3n) is 7.42. The minimum absolute atomic E-state index is 0.0910. The van der Waals surface area contributed by atoms with Gasteiger partial charge in [-0.25, -0.2) is 0 Å². The predicted molar refractivity (Wildman–Crippen MR) is 143 cm³/mol. The Labute approximate surface area is 217 Å². The van der Waals surface area contributed by atoms with Gasteiger partial charge in [0.15, 0.2) is 0 Å². The van der Waals surface area contributed by atoms with Crippen LogP contribution in [0.4, 0.5) is 0 Å². The molecule has 0 unspecified atom stereocenters. The summed E-state index contributed by atoms with van der Waals surface area (Å²) >= 11 is 5.98. The largest absolute Gasteiger partial charge is 0.497 e. The fourth-order valence-electron chi connectivity index (χ4n) is 5.44. The van der Waals surface area contributed by atoms with E-state index in [1.807, 2.05) is 36.4 Å². The molecule has 1 fully saturated rings. The summed E-state index contributed by atoms with van der Waals surface area (Å²) < 4.78 is 5.36. The molecule has 4 rings (SSSR count). The zero-order chi connectivity index (χ0) is 25.5. The van der Waals surface area contributed by atoms with Gasteiger partial charge in [-0.3, -0.25) is 9.78 Å². The highest BCUT2D eigenvalue weighted by atomic mass is 35.5. The fourth-order valence-corrected chi connectivity index (χ4v) is 5.57. The Kier molecular flexibility index (Phi) is 9.19. The highest BCUT2D eigenvalue weighted by Gasteiger charge is 2.31. The van der Waals surface area contributed by atoms with Crippen molar-refractivity contribution < 1.29 is 19.7 Å². The number of aromatic nitrogens is 1. The normalized spacial score (nSPS) is 19.3. The van der Waals surface area contributed by atoms with Gasteiger partial charge in [-0.15, -0.1) is 0 Å². The van der Waals surface area contributed by atoms with E-state index in [9.17, 15) is 15.0 Å². The second kappa shape index (κ2) is 12.5. The lowest BCUT2D eigenvalue weighted by Gasteiger charge is -2.38. The van der Waals surface area contributed by atoms with Crippen LogP contribution in [0.1, 0.15) is 49.3 Å². The number of carbonyl (C=O) groups is 1. The Bertz CT molecular complexity index is 1150. The standard InChI is InChI=1S/C29H35ClN2O4/c1-36-24-9-10-27-26(18-24)25(12-14-31-27)28(33)11-6-21-13-16-32(19-22(21)17-29(34)35)15-2-3-20-4-7-23(30)8-5-20/h4-5,7-10,12,14,18,21-22,28,33H,2-3,6,11,13,15-17,19H2,1H3,(H,34,35)/t21-,22+,28+/m1/s1. The van der Waals surface area contributed by atoms with Crippen molar-refractivity contribution in [2.24, 2.45) is 11.8 Å². The lowest BCUT2D eigenvalue weighted by Crippen LogP contribution is -2.42. The van der Waals surface area contributed by atoms with Crippen LogP contribution in [0.2, 0.25) is 5.02 Å². The zero-order valence-corrected chi connectivity index (χ0v) is 21.5. The first kappa shape index (κ1) is 26.4. The predicted octanol–water partition coefficient (Wildman–Crippen LogP) is 5.76. The number of aliphatic carboxylic acids is 1. The number of ether oxygens (including phenoxy) is 1. The highest BCUT2D eigenvalue weighted by Crippen LogP contribution is 2.35. The third kappa shape index (κ3) is 6.96. The number of hydrogen-bond donors (Lipinski definition) is 2. The van der Waals surface area contributed by atoms with Crippen LogP contribution >= 0.6 is 11.6 Å². The van der Waals surface area contributed by atoms with E-state index in [0.717, 1.165) is 72.6 Å². The number of aryl methyl sites for hydroxylation is 1. The summed E-state index contributed by atoms with van der Waals surface area (Å²) in [5.41, 5.74) is 2.93. The van der Waals surface area contributed by atoms with Crippen molar-refractivity contribution >= 4 is 28.5 Å². The van der Waals surface area contributed by atoms with Gasteiger partial charge in [-0.05, 0) is 105 Å². The number of carboxylic acids is 1. The molecule has 6 nitrogen and oxygen atoms in total. The van der Waals surface area contributed by atoms with Crippen LogP contribution < -0.4 is 4.74 Å². The number of fused-ring (bicyclic) bond motifs is 1. The average molecular weight is 511 g/mol. The van der Waals surface area contributed by atoms with E-state index in [2.05, 4.69) is 22.0 Å². The topological polar surface area (TPSA) is 82.9 Å². The Morgan fingerprint density at radius 2 is 2.00 bits per heavy atom. The van der Waals surface area contributed by atoms with Gasteiger partial charge in [-0.2, -0.15) is 0 Å². The lowest BCUT2D eigenvalue weighted by atomic mass is 9.79. The van der Waals surface area contributed by atoms with Crippen molar-refractivity contribution in [1.82, 2.24) is 9.88 Å². The van der Waals surface area contributed by atoms with Gasteiger partial charge < -0.3 is 19.8 Å². The van der Waals surface area contributed by atoms with Crippen LogP contribution in [-0.2, 0) is 11.2 Å². The van der Waals surface area contributed by atoms with Gasteiger partial charge in [0.1, 0.15) is 5.75 Å². The minimum Gasteiger partial charge on any atom is -0.497 e. The van der Waals surface area contributed by atoms with Crippen LogP contribution in [0.15, 0.2) is 54.7 Å². The molecule has 192 valence electrons. The number of aliphatic hydroxyl groups excluding tert-OH is 1. The first-order valence-electron chi connectivity index (χ1n) is 12.7. The van der Waals surface area contributed by atoms with Crippen molar-refractivity contribution in [1.29, 1.82) is 0 Å². The molecule has 0 spiro atoms. The Morgan fingerprint density at radius 1 is 1.19 bits per heavy atom. The van der Waals surface area contributed by atoms with Gasteiger partial charge >= 0.3 is 5.97 Å². The molecule has 3 aromatic rings. The molecule has 3 atom stereocenters. The van der Waals surface area contributed by atoms with Crippen LogP contribution in [0.25, 0.3) is 10.9 Å². The maximum absolute atomic E-state index is 11.6. The van der Waals surface area contributed by atoms with Gasteiger partial charge in [0.05, 0.1) is 18.7 Å². The van der Waals surface area contributed by atoms with Crippen molar-refractivity contribution in [3.63, 3.8) is 0 Å². The highest BCUT2D eigenvalue weighted by molar-refractivity contribution is 6.30. The monoisotopic (exact) mass is 510 g/mol. The summed E-state index contributed by atoms with van der Waals surface area (Å²) in [5, 5.41) is 22.3. The number of nitrogens with zero attached hydrogens (tertiary/aromatic N) is 2. The molecular weight excluding hydrogens is 476 g/mol. The average Bonchev–Trinajstić information content (AvgIpc) is 2.88. The lowest BCUT2D eigenvalue weighted by molar-refractivity contribution is -0.139. The molecule has 0 amide bonds. The number of pyridine rings is 1. The molecule has 1 aliphatic heterocycles. The second-order valence-corrected chi connectivity index (χ2v) is 10.3. The molecule has 1 aliphatic rings. The van der Waals surface area contributed by atoms with Crippen molar-refractivity contribution in [3.05, 3.63) is 70.9 Å². The van der Waals surface area contributed by atoms with Gasteiger partial charge in [0.2, 0.25) is 0 Å². The van der Waals surface area contributed by atoms with E-state index in [-0.39, 0.29) is 18.3 Å². The smallest absolute Gasteiger partial charge is 0.303 e. The summed E-state index contributed by atoms with van der Waals surface area (Å²) in [6, 6.07) is 15.5. The van der Waals surface area contributed by atoms with Gasteiger partial charge in [-0.1, -0.05) is 23.7 Å². The molecule has 7 heteroatoms. The van der Waals surface area contributed by atoms with Gasteiger partial charge in [0.25, 0.3) is 0 Å². The summed E-state index contributed by atoms with van der Waals surface area (Å²) in [4.78, 5) is 18.4. The van der Waals surface area contributed by atoms with Crippen molar-refractivity contribution in [3.8, 4) is 5.75 Å². The first-order chi connectivity index (χ1) is 17.4. The van der Waals surface area contributed by atoms with Crippen LogP contribution in [0.5, 0.6) is 5.75 Å². The van der Waals surface area contributed by atoms with Crippen LogP contribution in [0, 0.1) is 11.8 Å². The number of aliphatic hydroxyl groups is 1. The first-order valence-corrected chi connectivity index (χ1v) is 13.1. The van der Waals surface area contributed by atoms with Crippen LogP contribution in [-0.4, -0.2) is 52.8 Å². The summed E-state index contributed by atoms with van der Waals surface area (Å²) in [7, 11) is 1.63. The molecule has 0 bridgehead atoms. The van der Waals surface area contributed by atoms with Gasteiger partial charge in [0, 0.05) is 29.6 Å². The number of rotatable bonds is 11. The Balaban J connectivity index is 1.34. The molecule has 1 saturated heterocycles. The molecule has 2 heterocycles. The van der Waals surface area contributed by atoms with Crippen molar-refractivity contribution in [2.75, 3.05) is 26.7 Å². The molecule has 0 aliphatic carbocycles. The number of hydrogen-bond acceptors (Lipinski definition) is 5. The molecule has 2 aromatic carbocycles. The Morgan fingerprint density at radius 3 is 2.75 bits per heavy atom. The quantitative estimate of drug-likeness (QED) is 0.341. The maximum atomic E-state index is 11.6. The number of likely N-dealkylation sites (tertiary alicyclic amines) is 1. The number of carboxylic acid groups (broad SMARTS) is 1. The molecule has 0 saturated carbocycles. The molecule has 36 heavy (non-hydrogen) atoms. The second-order valence-electron chi connectivity index (χ2n) is 9.81. The summed E-state index contributed by atoms with van der Waals surface area (Å²) in [5.74, 6) is 0.355. The van der Waals surface area contributed by atoms with E-state index in [1.165, 1.54) is 5.56 Å². The molecule has 2 N–H and O–H groups in total. The fraction of sp³-hybridized carbons (Fsp3) is 0.448. The number of piperidine rings is 1. The summed E-state index contributed by atoms with van der Waals surface area (Å²) in [6.45, 7) is 2.72. The maximum Gasteiger partial charge on any atom is 0.303 e. The van der Waals surface area contributed by atoms with Crippen LogP contribution in [0.3, 0.4) is 0 Å². The van der Waals surface area contributed by atoms with E-state index in [1.54, 1.807) is 13.3 Å². The number of benzene rings is 2. The summed E-state index contributed by atoms with van der Waals surface area (Å²) in [6.07, 6.45) is 5.62. The minimum atomic E-state index is -0.749.